The van der Waals surface area contributed by atoms with Gasteiger partial charge in [0.25, 0.3) is 5.91 Å². The standard InChI is InChI=1S/C22H23N3O.ClH/c26-22(21-10-5-7-18-6-1-2-9-20(18)21)25-16-14-24(15-17-25)13-11-19-8-3-4-12-23-19;/h1-10,12H,11,13-17H2;1H. The highest BCUT2D eigenvalue weighted by Gasteiger charge is 2.23. The van der Waals surface area contributed by atoms with Gasteiger partial charge >= 0.3 is 0 Å². The van der Waals surface area contributed by atoms with E-state index in [0.717, 1.165) is 61.2 Å². The molecule has 0 spiro atoms. The van der Waals surface area contributed by atoms with Crippen LogP contribution in [0, 0.1) is 0 Å². The number of hydrogen-bond acceptors (Lipinski definition) is 3. The molecule has 2 heterocycles. The topological polar surface area (TPSA) is 36.4 Å². The number of halogens is 1. The number of carbonyl (C=O) groups is 1. The maximum absolute atomic E-state index is 13.0. The van der Waals surface area contributed by atoms with Crippen LogP contribution in [0.15, 0.2) is 66.9 Å². The second-order valence-electron chi connectivity index (χ2n) is 6.73. The molecule has 1 saturated heterocycles. The Morgan fingerprint density at radius 1 is 0.889 bits per heavy atom. The summed E-state index contributed by atoms with van der Waals surface area (Å²) in [5.74, 6) is 0.145. The molecule has 27 heavy (non-hydrogen) atoms. The molecule has 1 fully saturated rings. The molecule has 140 valence electrons. The normalized spacial score (nSPS) is 14.7. The van der Waals surface area contributed by atoms with Crippen molar-refractivity contribution in [3.63, 3.8) is 0 Å². The molecule has 1 aliphatic heterocycles. The number of fused-ring (bicyclic) bond motifs is 1. The van der Waals surface area contributed by atoms with Crippen molar-refractivity contribution in [3.8, 4) is 0 Å². The summed E-state index contributed by atoms with van der Waals surface area (Å²) in [5.41, 5.74) is 1.94. The van der Waals surface area contributed by atoms with Crippen LogP contribution in [0.2, 0.25) is 0 Å². The summed E-state index contributed by atoms with van der Waals surface area (Å²) in [4.78, 5) is 21.8. The van der Waals surface area contributed by atoms with E-state index in [1.165, 1.54) is 0 Å². The van der Waals surface area contributed by atoms with Crippen LogP contribution < -0.4 is 0 Å². The summed E-state index contributed by atoms with van der Waals surface area (Å²) >= 11 is 0. The Hall–Kier alpha value is -2.43. The van der Waals surface area contributed by atoms with Gasteiger partial charge < -0.3 is 4.90 Å². The highest BCUT2D eigenvalue weighted by molar-refractivity contribution is 6.07. The third-order valence-corrected chi connectivity index (χ3v) is 5.09. The van der Waals surface area contributed by atoms with Gasteiger partial charge in [0.15, 0.2) is 0 Å². The van der Waals surface area contributed by atoms with Crippen molar-refractivity contribution in [1.82, 2.24) is 14.8 Å². The molecule has 1 aromatic heterocycles. The SMILES string of the molecule is Cl.O=C(c1cccc2ccccc12)N1CCN(CCc2ccccn2)CC1. The van der Waals surface area contributed by atoms with Crippen LogP contribution >= 0.6 is 12.4 Å². The summed E-state index contributed by atoms with van der Waals surface area (Å²) in [6.07, 6.45) is 2.80. The summed E-state index contributed by atoms with van der Waals surface area (Å²) in [6, 6.07) is 20.1. The summed E-state index contributed by atoms with van der Waals surface area (Å²) in [5, 5.41) is 2.16. The molecule has 4 nitrogen and oxygen atoms in total. The number of benzene rings is 2. The molecular weight excluding hydrogens is 358 g/mol. The molecule has 2 aromatic carbocycles. The van der Waals surface area contributed by atoms with E-state index in [1.807, 2.05) is 53.6 Å². The molecule has 4 rings (SSSR count). The average Bonchev–Trinajstić information content (AvgIpc) is 2.72. The Bertz CT molecular complexity index is 887. The number of pyridine rings is 1. The van der Waals surface area contributed by atoms with Gasteiger partial charge in [0.05, 0.1) is 0 Å². The fourth-order valence-corrected chi connectivity index (χ4v) is 3.58. The zero-order chi connectivity index (χ0) is 17.8. The first-order valence-electron chi connectivity index (χ1n) is 9.20. The Morgan fingerprint density at radius 2 is 1.63 bits per heavy atom. The van der Waals surface area contributed by atoms with E-state index in [1.54, 1.807) is 0 Å². The van der Waals surface area contributed by atoms with Gasteiger partial charge in [-0.25, -0.2) is 0 Å². The molecule has 0 unspecified atom stereocenters. The van der Waals surface area contributed by atoms with Crippen molar-refractivity contribution >= 4 is 29.1 Å². The molecule has 0 radical (unpaired) electrons. The van der Waals surface area contributed by atoms with E-state index in [4.69, 9.17) is 0 Å². The van der Waals surface area contributed by atoms with Gasteiger partial charge in [-0.3, -0.25) is 14.7 Å². The lowest BCUT2D eigenvalue weighted by molar-refractivity contribution is 0.0640. The molecule has 0 bridgehead atoms. The van der Waals surface area contributed by atoms with Gasteiger partial charge in [-0.2, -0.15) is 0 Å². The van der Waals surface area contributed by atoms with Crippen LogP contribution in [0.3, 0.4) is 0 Å². The lowest BCUT2D eigenvalue weighted by atomic mass is 10.0. The molecule has 3 aromatic rings. The van der Waals surface area contributed by atoms with Crippen molar-refractivity contribution in [2.24, 2.45) is 0 Å². The minimum absolute atomic E-state index is 0. The fraction of sp³-hybridized carbons (Fsp3) is 0.273. The van der Waals surface area contributed by atoms with Crippen LogP contribution in [0.1, 0.15) is 16.1 Å². The first kappa shape index (κ1) is 19.3. The molecule has 0 N–H and O–H groups in total. The van der Waals surface area contributed by atoms with Gasteiger partial charge in [0, 0.05) is 56.6 Å². The number of nitrogens with zero attached hydrogens (tertiary/aromatic N) is 3. The number of rotatable bonds is 4. The zero-order valence-corrected chi connectivity index (χ0v) is 16.1. The highest BCUT2D eigenvalue weighted by atomic mass is 35.5. The van der Waals surface area contributed by atoms with Crippen LogP contribution in [-0.4, -0.2) is 53.4 Å². The van der Waals surface area contributed by atoms with Gasteiger partial charge in [-0.15, -0.1) is 12.4 Å². The lowest BCUT2D eigenvalue weighted by Gasteiger charge is -2.35. The Labute approximate surface area is 166 Å². The number of carbonyl (C=O) groups excluding carboxylic acids is 1. The van der Waals surface area contributed by atoms with Crippen molar-refractivity contribution < 1.29 is 4.79 Å². The van der Waals surface area contributed by atoms with E-state index in [9.17, 15) is 4.79 Å². The van der Waals surface area contributed by atoms with Gasteiger partial charge in [-0.1, -0.05) is 42.5 Å². The maximum Gasteiger partial charge on any atom is 0.254 e. The quantitative estimate of drug-likeness (QED) is 0.692. The maximum atomic E-state index is 13.0. The highest BCUT2D eigenvalue weighted by Crippen LogP contribution is 2.20. The Kier molecular flexibility index (Phi) is 6.43. The largest absolute Gasteiger partial charge is 0.336 e. The average molecular weight is 382 g/mol. The molecule has 0 aliphatic carbocycles. The number of aromatic nitrogens is 1. The van der Waals surface area contributed by atoms with E-state index in [0.29, 0.717) is 0 Å². The van der Waals surface area contributed by atoms with E-state index >= 15 is 0 Å². The van der Waals surface area contributed by atoms with Crippen LogP contribution in [0.5, 0.6) is 0 Å². The minimum Gasteiger partial charge on any atom is -0.336 e. The minimum atomic E-state index is 0. The monoisotopic (exact) mass is 381 g/mol. The second kappa shape index (κ2) is 8.98. The molecule has 0 saturated carbocycles. The first-order valence-corrected chi connectivity index (χ1v) is 9.20. The Balaban J connectivity index is 0.00000210. The van der Waals surface area contributed by atoms with Crippen molar-refractivity contribution in [2.75, 3.05) is 32.7 Å². The van der Waals surface area contributed by atoms with Crippen molar-refractivity contribution in [3.05, 3.63) is 78.1 Å². The smallest absolute Gasteiger partial charge is 0.254 e. The van der Waals surface area contributed by atoms with E-state index < -0.39 is 0 Å². The number of hydrogen-bond donors (Lipinski definition) is 0. The lowest BCUT2D eigenvalue weighted by Crippen LogP contribution is -2.49. The van der Waals surface area contributed by atoms with Crippen molar-refractivity contribution in [1.29, 1.82) is 0 Å². The first-order chi connectivity index (χ1) is 12.8. The van der Waals surface area contributed by atoms with Gasteiger partial charge in [-0.05, 0) is 29.0 Å². The predicted molar refractivity (Wildman–Crippen MR) is 111 cm³/mol. The van der Waals surface area contributed by atoms with Gasteiger partial charge in [0.2, 0.25) is 0 Å². The summed E-state index contributed by atoms with van der Waals surface area (Å²) in [7, 11) is 0. The second-order valence-corrected chi connectivity index (χ2v) is 6.73. The molecule has 1 amide bonds. The molecule has 0 atom stereocenters. The van der Waals surface area contributed by atoms with Crippen LogP contribution in [-0.2, 0) is 6.42 Å². The zero-order valence-electron chi connectivity index (χ0n) is 15.3. The van der Waals surface area contributed by atoms with Crippen molar-refractivity contribution in [2.45, 2.75) is 6.42 Å². The molecule has 5 heteroatoms. The van der Waals surface area contributed by atoms with Crippen LogP contribution in [0.4, 0.5) is 0 Å². The fourth-order valence-electron chi connectivity index (χ4n) is 3.58. The van der Waals surface area contributed by atoms with Crippen LogP contribution in [0.25, 0.3) is 10.8 Å². The number of amides is 1. The van der Waals surface area contributed by atoms with E-state index in [2.05, 4.69) is 28.1 Å². The molecule has 1 aliphatic rings. The summed E-state index contributed by atoms with van der Waals surface area (Å²) in [6.45, 7) is 4.40. The van der Waals surface area contributed by atoms with Gasteiger partial charge in [0.1, 0.15) is 0 Å². The molecular formula is C22H24ClN3O. The Morgan fingerprint density at radius 3 is 2.41 bits per heavy atom. The third-order valence-electron chi connectivity index (χ3n) is 5.09. The number of piperazine rings is 1. The third kappa shape index (κ3) is 4.46. The summed E-state index contributed by atoms with van der Waals surface area (Å²) < 4.78 is 0. The van der Waals surface area contributed by atoms with E-state index in [-0.39, 0.29) is 18.3 Å². The predicted octanol–water partition coefficient (Wildman–Crippen LogP) is 3.66.